The molecule has 3 nitrogen and oxygen atoms in total. The Balaban J connectivity index is 2.00. The van der Waals surface area contributed by atoms with Gasteiger partial charge in [-0.3, -0.25) is 0 Å². The summed E-state index contributed by atoms with van der Waals surface area (Å²) in [5, 5.41) is 22.3. The van der Waals surface area contributed by atoms with Crippen LogP contribution in [0.25, 0.3) is 0 Å². The van der Waals surface area contributed by atoms with E-state index in [0.717, 1.165) is 11.1 Å². The number of halogens is 1. The number of benzene rings is 2. The first kappa shape index (κ1) is 17.1. The largest absolute Gasteiger partial charge is 0.387 e. The third kappa shape index (κ3) is 4.16. The monoisotopic (exact) mass is 312 g/mol. The van der Waals surface area contributed by atoms with Crippen molar-refractivity contribution >= 4 is 0 Å². The molecule has 4 heteroatoms. The zero-order valence-corrected chi connectivity index (χ0v) is 13.6. The van der Waals surface area contributed by atoms with Crippen molar-refractivity contribution in [3.63, 3.8) is 0 Å². The molecule has 0 aliphatic carbocycles. The zero-order chi connectivity index (χ0) is 17.0. The molecule has 0 aliphatic rings. The maximum absolute atomic E-state index is 13.7. The minimum Gasteiger partial charge on any atom is -0.387 e. The molecule has 2 aromatic carbocycles. The van der Waals surface area contributed by atoms with Crippen molar-refractivity contribution < 1.29 is 9.50 Å². The number of hydrogen-bond acceptors (Lipinski definition) is 3. The maximum Gasteiger partial charge on any atom is 0.129 e. The van der Waals surface area contributed by atoms with Crippen molar-refractivity contribution in [3.05, 3.63) is 70.0 Å². The van der Waals surface area contributed by atoms with Crippen LogP contribution in [0, 0.1) is 31.0 Å². The second-order valence-corrected chi connectivity index (χ2v) is 5.85. The molecule has 0 radical (unpaired) electrons. The van der Waals surface area contributed by atoms with E-state index in [4.69, 9.17) is 5.26 Å². The SMILES string of the molecule is Cc1cc(C(C)NCC(O)c2ccc(C#N)cc2)cc(C)c1F. The summed E-state index contributed by atoms with van der Waals surface area (Å²) in [5.74, 6) is -0.168. The number of aryl methyl sites for hydroxylation is 2. The van der Waals surface area contributed by atoms with Gasteiger partial charge in [0.15, 0.2) is 0 Å². The molecular formula is C19H21FN2O. The number of aliphatic hydroxyl groups is 1. The number of nitrogens with one attached hydrogen (secondary N) is 1. The highest BCUT2D eigenvalue weighted by Gasteiger charge is 2.13. The predicted octanol–water partition coefficient (Wildman–Crippen LogP) is 3.70. The summed E-state index contributed by atoms with van der Waals surface area (Å²) in [7, 11) is 0. The molecule has 0 spiro atoms. The van der Waals surface area contributed by atoms with Crippen molar-refractivity contribution in [2.24, 2.45) is 0 Å². The van der Waals surface area contributed by atoms with E-state index >= 15 is 0 Å². The van der Waals surface area contributed by atoms with Crippen LogP contribution < -0.4 is 5.32 Å². The molecule has 23 heavy (non-hydrogen) atoms. The van der Waals surface area contributed by atoms with Crippen LogP contribution in [0.1, 0.15) is 46.9 Å². The highest BCUT2D eigenvalue weighted by molar-refractivity contribution is 5.33. The summed E-state index contributed by atoms with van der Waals surface area (Å²) in [6.07, 6.45) is -0.659. The van der Waals surface area contributed by atoms with Gasteiger partial charge in [-0.05, 0) is 55.2 Å². The van der Waals surface area contributed by atoms with Crippen LogP contribution in [0.2, 0.25) is 0 Å². The Kier molecular flexibility index (Phi) is 5.49. The Morgan fingerprint density at radius 1 is 1.13 bits per heavy atom. The molecule has 2 aromatic rings. The second kappa shape index (κ2) is 7.36. The Labute approximate surface area is 136 Å². The molecule has 0 heterocycles. The average Bonchev–Trinajstić information content (AvgIpc) is 2.56. The zero-order valence-electron chi connectivity index (χ0n) is 13.6. The molecule has 2 N–H and O–H groups in total. The molecule has 120 valence electrons. The van der Waals surface area contributed by atoms with Gasteiger partial charge in [-0.15, -0.1) is 0 Å². The fraction of sp³-hybridized carbons (Fsp3) is 0.316. The first-order valence-corrected chi connectivity index (χ1v) is 7.60. The Morgan fingerprint density at radius 3 is 2.22 bits per heavy atom. The van der Waals surface area contributed by atoms with Gasteiger partial charge in [-0.2, -0.15) is 5.26 Å². The Hall–Kier alpha value is -2.22. The van der Waals surface area contributed by atoms with Crippen molar-refractivity contribution in [1.82, 2.24) is 5.32 Å². The van der Waals surface area contributed by atoms with Gasteiger partial charge in [0.1, 0.15) is 5.82 Å². The van der Waals surface area contributed by atoms with Crippen LogP contribution in [0.5, 0.6) is 0 Å². The van der Waals surface area contributed by atoms with Crippen LogP contribution in [-0.2, 0) is 0 Å². The lowest BCUT2D eigenvalue weighted by atomic mass is 10.0. The van der Waals surface area contributed by atoms with Crippen molar-refractivity contribution in [2.75, 3.05) is 6.54 Å². The van der Waals surface area contributed by atoms with E-state index in [1.165, 1.54) is 0 Å². The molecular weight excluding hydrogens is 291 g/mol. The van der Waals surface area contributed by atoms with Gasteiger partial charge in [0.25, 0.3) is 0 Å². The highest BCUT2D eigenvalue weighted by atomic mass is 19.1. The molecule has 2 atom stereocenters. The van der Waals surface area contributed by atoms with Crippen molar-refractivity contribution in [2.45, 2.75) is 32.9 Å². The smallest absolute Gasteiger partial charge is 0.129 e. The minimum absolute atomic E-state index is 0.000955. The van der Waals surface area contributed by atoms with Gasteiger partial charge in [0.05, 0.1) is 17.7 Å². The normalized spacial score (nSPS) is 13.4. The lowest BCUT2D eigenvalue weighted by Crippen LogP contribution is -2.25. The van der Waals surface area contributed by atoms with Crippen LogP contribution in [0.4, 0.5) is 4.39 Å². The van der Waals surface area contributed by atoms with E-state index in [0.29, 0.717) is 23.2 Å². The van der Waals surface area contributed by atoms with Gasteiger partial charge in [0, 0.05) is 12.6 Å². The molecule has 2 unspecified atom stereocenters. The molecule has 0 bridgehead atoms. The van der Waals surface area contributed by atoms with E-state index in [2.05, 4.69) is 11.4 Å². The maximum atomic E-state index is 13.7. The van der Waals surface area contributed by atoms with E-state index in [-0.39, 0.29) is 11.9 Å². The third-order valence-corrected chi connectivity index (χ3v) is 4.00. The van der Waals surface area contributed by atoms with Crippen LogP contribution in [-0.4, -0.2) is 11.7 Å². The summed E-state index contributed by atoms with van der Waals surface area (Å²) in [4.78, 5) is 0. The molecule has 2 rings (SSSR count). The lowest BCUT2D eigenvalue weighted by molar-refractivity contribution is 0.171. The van der Waals surface area contributed by atoms with Gasteiger partial charge in [-0.1, -0.05) is 24.3 Å². The summed E-state index contributed by atoms with van der Waals surface area (Å²) in [5.41, 5.74) is 3.57. The quantitative estimate of drug-likeness (QED) is 0.885. The average molecular weight is 312 g/mol. The van der Waals surface area contributed by atoms with Crippen LogP contribution in [0.3, 0.4) is 0 Å². The molecule has 0 fully saturated rings. The first-order valence-electron chi connectivity index (χ1n) is 7.60. The fourth-order valence-electron chi connectivity index (χ4n) is 2.53. The van der Waals surface area contributed by atoms with Crippen LogP contribution >= 0.6 is 0 Å². The molecule has 0 aliphatic heterocycles. The number of nitriles is 1. The molecule has 0 amide bonds. The number of hydrogen-bond donors (Lipinski definition) is 2. The van der Waals surface area contributed by atoms with Gasteiger partial charge in [-0.25, -0.2) is 4.39 Å². The standard InChI is InChI=1S/C19H21FN2O/c1-12-8-17(9-13(2)19(12)20)14(3)22-11-18(23)16-6-4-15(10-21)5-7-16/h4-9,14,18,22-23H,11H2,1-3H3. The predicted molar refractivity (Wildman–Crippen MR) is 88.4 cm³/mol. The van der Waals surface area contributed by atoms with Crippen LogP contribution in [0.15, 0.2) is 36.4 Å². The number of aliphatic hydroxyl groups excluding tert-OH is 1. The van der Waals surface area contributed by atoms with E-state index in [1.54, 1.807) is 38.1 Å². The Bertz CT molecular complexity index is 696. The fourth-order valence-corrected chi connectivity index (χ4v) is 2.53. The van der Waals surface area contributed by atoms with E-state index in [9.17, 15) is 9.50 Å². The van der Waals surface area contributed by atoms with Gasteiger partial charge < -0.3 is 10.4 Å². The molecule has 0 aromatic heterocycles. The highest BCUT2D eigenvalue weighted by Crippen LogP contribution is 2.21. The summed E-state index contributed by atoms with van der Waals surface area (Å²) in [6.45, 7) is 5.87. The third-order valence-electron chi connectivity index (χ3n) is 4.00. The Morgan fingerprint density at radius 2 is 1.70 bits per heavy atom. The lowest BCUT2D eigenvalue weighted by Gasteiger charge is -2.19. The summed E-state index contributed by atoms with van der Waals surface area (Å²) >= 11 is 0. The number of nitrogens with zero attached hydrogens (tertiary/aromatic N) is 1. The van der Waals surface area contributed by atoms with E-state index in [1.807, 2.05) is 19.1 Å². The summed E-state index contributed by atoms with van der Waals surface area (Å²) in [6, 6.07) is 12.6. The van der Waals surface area contributed by atoms with E-state index < -0.39 is 6.10 Å². The summed E-state index contributed by atoms with van der Waals surface area (Å²) < 4.78 is 13.7. The molecule has 0 saturated carbocycles. The second-order valence-electron chi connectivity index (χ2n) is 5.85. The van der Waals surface area contributed by atoms with Gasteiger partial charge >= 0.3 is 0 Å². The van der Waals surface area contributed by atoms with Crippen molar-refractivity contribution in [3.8, 4) is 6.07 Å². The minimum atomic E-state index is -0.659. The number of rotatable bonds is 5. The van der Waals surface area contributed by atoms with Gasteiger partial charge in [0.2, 0.25) is 0 Å². The van der Waals surface area contributed by atoms with Crippen molar-refractivity contribution in [1.29, 1.82) is 5.26 Å². The molecule has 0 saturated heterocycles. The first-order chi connectivity index (χ1) is 10.9. The topological polar surface area (TPSA) is 56.0 Å².